The quantitative estimate of drug-likeness (QED) is 0.783. The largest absolute Gasteiger partial charge is 0.481 e. The molecular formula is C21H23FN2O3. The van der Waals surface area contributed by atoms with E-state index in [1.165, 1.54) is 12.1 Å². The molecular weight excluding hydrogens is 347 g/mol. The van der Waals surface area contributed by atoms with Gasteiger partial charge in [-0.1, -0.05) is 6.07 Å². The summed E-state index contributed by atoms with van der Waals surface area (Å²) < 4.78 is 24.8. The van der Waals surface area contributed by atoms with Crippen molar-refractivity contribution in [2.24, 2.45) is 0 Å². The number of benzene rings is 2. The third-order valence-electron chi connectivity index (χ3n) is 3.53. The van der Waals surface area contributed by atoms with Crippen molar-refractivity contribution < 1.29 is 18.7 Å². The molecule has 0 fully saturated rings. The second kappa shape index (κ2) is 8.65. The molecule has 0 aliphatic rings. The maximum Gasteiger partial charge on any atom is 0.344 e. The van der Waals surface area contributed by atoms with E-state index in [2.05, 4.69) is 5.32 Å². The first kappa shape index (κ1) is 20.4. The molecule has 0 aliphatic carbocycles. The van der Waals surface area contributed by atoms with Crippen LogP contribution in [-0.4, -0.2) is 25.2 Å². The summed E-state index contributed by atoms with van der Waals surface area (Å²) in [5, 5.41) is 12.2. The zero-order valence-electron chi connectivity index (χ0n) is 15.9. The SMILES string of the molecule is CNCc1ccc(OCC(=O)OC(C)(C)C)c(-c2cc(F)cc(C#N)c2)c1. The molecule has 0 spiro atoms. The Labute approximate surface area is 158 Å². The number of hydrogen-bond acceptors (Lipinski definition) is 5. The van der Waals surface area contributed by atoms with Crippen LogP contribution in [-0.2, 0) is 16.1 Å². The fraction of sp³-hybridized carbons (Fsp3) is 0.333. The van der Waals surface area contributed by atoms with Crippen molar-refractivity contribution in [1.82, 2.24) is 5.32 Å². The summed E-state index contributed by atoms with van der Waals surface area (Å²) in [7, 11) is 1.82. The van der Waals surface area contributed by atoms with Gasteiger partial charge in [0.2, 0.25) is 0 Å². The van der Waals surface area contributed by atoms with E-state index in [4.69, 9.17) is 14.7 Å². The van der Waals surface area contributed by atoms with Crippen LogP contribution in [0.2, 0.25) is 0 Å². The number of nitriles is 1. The van der Waals surface area contributed by atoms with Gasteiger partial charge in [0.1, 0.15) is 17.2 Å². The highest BCUT2D eigenvalue weighted by Crippen LogP contribution is 2.32. The van der Waals surface area contributed by atoms with Gasteiger partial charge in [0.05, 0.1) is 11.6 Å². The van der Waals surface area contributed by atoms with Gasteiger partial charge in [-0.3, -0.25) is 0 Å². The molecule has 0 unspecified atom stereocenters. The standard InChI is InChI=1S/C21H23FN2O3/c1-21(2,3)27-20(25)13-26-19-6-5-14(12-24-4)9-18(19)16-7-15(11-23)8-17(22)10-16/h5-10,24H,12-13H2,1-4H3. The molecule has 2 aromatic carbocycles. The summed E-state index contributed by atoms with van der Waals surface area (Å²) in [5.41, 5.74) is 1.66. The zero-order chi connectivity index (χ0) is 20.0. The minimum atomic E-state index is -0.607. The van der Waals surface area contributed by atoms with Crippen molar-refractivity contribution in [3.05, 3.63) is 53.3 Å². The highest BCUT2D eigenvalue weighted by Gasteiger charge is 2.18. The van der Waals surface area contributed by atoms with Gasteiger partial charge in [0.15, 0.2) is 6.61 Å². The summed E-state index contributed by atoms with van der Waals surface area (Å²) in [6, 6.07) is 11.5. The van der Waals surface area contributed by atoms with Crippen LogP contribution in [0.15, 0.2) is 36.4 Å². The maximum absolute atomic E-state index is 13.9. The first-order chi connectivity index (χ1) is 12.7. The van der Waals surface area contributed by atoms with E-state index in [9.17, 15) is 9.18 Å². The van der Waals surface area contributed by atoms with Gasteiger partial charge in [-0.15, -0.1) is 0 Å². The molecule has 1 N–H and O–H groups in total. The lowest BCUT2D eigenvalue weighted by atomic mass is 10.00. The average molecular weight is 370 g/mol. The Morgan fingerprint density at radius 2 is 1.96 bits per heavy atom. The van der Waals surface area contributed by atoms with Crippen molar-refractivity contribution in [3.63, 3.8) is 0 Å². The van der Waals surface area contributed by atoms with E-state index < -0.39 is 17.4 Å². The average Bonchev–Trinajstić information content (AvgIpc) is 2.58. The molecule has 0 atom stereocenters. The van der Waals surface area contributed by atoms with Crippen LogP contribution >= 0.6 is 0 Å². The number of esters is 1. The van der Waals surface area contributed by atoms with Crippen molar-refractivity contribution in [2.75, 3.05) is 13.7 Å². The summed E-state index contributed by atoms with van der Waals surface area (Å²) in [6.07, 6.45) is 0. The van der Waals surface area contributed by atoms with Gasteiger partial charge in [-0.2, -0.15) is 5.26 Å². The number of carbonyl (C=O) groups excluding carboxylic acids is 1. The number of halogens is 1. The van der Waals surface area contributed by atoms with E-state index in [1.54, 1.807) is 32.9 Å². The number of rotatable bonds is 6. The van der Waals surface area contributed by atoms with Crippen LogP contribution in [0.4, 0.5) is 4.39 Å². The van der Waals surface area contributed by atoms with Crippen LogP contribution in [0.5, 0.6) is 5.75 Å². The van der Waals surface area contributed by atoms with Gasteiger partial charge in [0.25, 0.3) is 0 Å². The highest BCUT2D eigenvalue weighted by molar-refractivity contribution is 5.75. The molecule has 0 bridgehead atoms. The number of hydrogen-bond donors (Lipinski definition) is 1. The topological polar surface area (TPSA) is 71.3 Å². The summed E-state index contributed by atoms with van der Waals surface area (Å²) in [4.78, 5) is 11.9. The summed E-state index contributed by atoms with van der Waals surface area (Å²) >= 11 is 0. The number of nitrogens with zero attached hydrogens (tertiary/aromatic N) is 1. The smallest absolute Gasteiger partial charge is 0.344 e. The third kappa shape index (κ3) is 6.08. The zero-order valence-corrected chi connectivity index (χ0v) is 15.9. The fourth-order valence-electron chi connectivity index (χ4n) is 2.56. The predicted molar refractivity (Wildman–Crippen MR) is 101 cm³/mol. The third-order valence-corrected chi connectivity index (χ3v) is 3.53. The molecule has 2 aromatic rings. The van der Waals surface area contributed by atoms with Crippen LogP contribution in [0, 0.1) is 17.1 Å². The second-order valence-electron chi connectivity index (χ2n) is 7.08. The van der Waals surface area contributed by atoms with Crippen LogP contribution in [0.25, 0.3) is 11.1 Å². The van der Waals surface area contributed by atoms with E-state index in [0.29, 0.717) is 23.4 Å². The molecule has 0 aliphatic heterocycles. The van der Waals surface area contributed by atoms with Gasteiger partial charge in [-0.05, 0) is 69.3 Å². The molecule has 0 amide bonds. The monoisotopic (exact) mass is 370 g/mol. The molecule has 142 valence electrons. The fourth-order valence-corrected chi connectivity index (χ4v) is 2.56. The van der Waals surface area contributed by atoms with Crippen LogP contribution in [0.3, 0.4) is 0 Å². The predicted octanol–water partition coefficient (Wildman–Crippen LogP) is 3.80. The van der Waals surface area contributed by atoms with Crippen molar-refractivity contribution >= 4 is 5.97 Å². The van der Waals surface area contributed by atoms with Crippen molar-refractivity contribution in [3.8, 4) is 22.9 Å². The number of carbonyl (C=O) groups is 1. The molecule has 0 saturated heterocycles. The Hall–Kier alpha value is -2.91. The lowest BCUT2D eigenvalue weighted by Crippen LogP contribution is -2.27. The minimum Gasteiger partial charge on any atom is -0.481 e. The maximum atomic E-state index is 13.9. The van der Waals surface area contributed by atoms with Gasteiger partial charge in [0, 0.05) is 12.1 Å². The molecule has 2 rings (SSSR count). The molecule has 27 heavy (non-hydrogen) atoms. The van der Waals surface area contributed by atoms with Gasteiger partial charge >= 0.3 is 5.97 Å². The first-order valence-corrected chi connectivity index (χ1v) is 8.55. The highest BCUT2D eigenvalue weighted by atomic mass is 19.1. The Morgan fingerprint density at radius 1 is 1.22 bits per heavy atom. The Balaban J connectivity index is 2.36. The molecule has 5 nitrogen and oxygen atoms in total. The van der Waals surface area contributed by atoms with Gasteiger partial charge < -0.3 is 14.8 Å². The lowest BCUT2D eigenvalue weighted by molar-refractivity contribution is -0.157. The Bertz CT molecular complexity index is 867. The molecule has 0 aromatic heterocycles. The van der Waals surface area contributed by atoms with Crippen molar-refractivity contribution in [1.29, 1.82) is 5.26 Å². The van der Waals surface area contributed by atoms with E-state index in [-0.39, 0.29) is 12.2 Å². The first-order valence-electron chi connectivity index (χ1n) is 8.55. The summed E-state index contributed by atoms with van der Waals surface area (Å²) in [5.74, 6) is -0.596. The summed E-state index contributed by atoms with van der Waals surface area (Å²) in [6.45, 7) is 5.67. The Morgan fingerprint density at radius 3 is 2.59 bits per heavy atom. The van der Waals surface area contributed by atoms with E-state index in [1.807, 2.05) is 25.2 Å². The van der Waals surface area contributed by atoms with Crippen LogP contribution in [0.1, 0.15) is 31.9 Å². The Kier molecular flexibility index (Phi) is 6.54. The second-order valence-corrected chi connectivity index (χ2v) is 7.08. The number of ether oxygens (including phenoxy) is 2. The van der Waals surface area contributed by atoms with Crippen molar-refractivity contribution in [2.45, 2.75) is 32.9 Å². The van der Waals surface area contributed by atoms with Gasteiger partial charge in [-0.25, -0.2) is 9.18 Å². The van der Waals surface area contributed by atoms with E-state index >= 15 is 0 Å². The molecule has 0 saturated carbocycles. The number of nitrogens with one attached hydrogen (secondary N) is 1. The normalized spacial score (nSPS) is 11.0. The van der Waals surface area contributed by atoms with Crippen LogP contribution < -0.4 is 10.1 Å². The van der Waals surface area contributed by atoms with E-state index in [0.717, 1.165) is 5.56 Å². The molecule has 0 radical (unpaired) electrons. The molecule has 0 heterocycles. The molecule has 6 heteroatoms. The lowest BCUT2D eigenvalue weighted by Gasteiger charge is -2.20. The minimum absolute atomic E-state index is 0.210.